The molecular formula is C13H12N2O4. The van der Waals surface area contributed by atoms with E-state index in [1.165, 1.54) is 6.07 Å². The van der Waals surface area contributed by atoms with Gasteiger partial charge in [-0.15, -0.1) is 0 Å². The van der Waals surface area contributed by atoms with Gasteiger partial charge < -0.3 is 19.2 Å². The number of ether oxygens (including phenoxy) is 3. The number of hydrogen-bond acceptors (Lipinski definition) is 5. The van der Waals surface area contributed by atoms with E-state index in [1.54, 1.807) is 26.2 Å². The van der Waals surface area contributed by atoms with Crippen LogP contribution in [0.2, 0.25) is 0 Å². The highest BCUT2D eigenvalue weighted by atomic mass is 16.7. The molecule has 1 aliphatic rings. The van der Waals surface area contributed by atoms with Crippen LogP contribution < -0.4 is 19.8 Å². The molecule has 0 saturated carbocycles. The van der Waals surface area contributed by atoms with Gasteiger partial charge in [0.05, 0.1) is 12.8 Å². The largest absolute Gasteiger partial charge is 0.496 e. The highest BCUT2D eigenvalue weighted by molar-refractivity contribution is 5.71. The number of rotatable bonds is 2. The minimum Gasteiger partial charge on any atom is -0.496 e. The second-order valence-corrected chi connectivity index (χ2v) is 4.12. The van der Waals surface area contributed by atoms with E-state index >= 15 is 0 Å². The van der Waals surface area contributed by atoms with Gasteiger partial charge in [-0.25, -0.2) is 4.98 Å². The maximum Gasteiger partial charge on any atom is 0.251 e. The van der Waals surface area contributed by atoms with Crippen molar-refractivity contribution in [1.82, 2.24) is 9.97 Å². The van der Waals surface area contributed by atoms with Crippen molar-refractivity contribution in [2.24, 2.45) is 0 Å². The summed E-state index contributed by atoms with van der Waals surface area (Å²) < 4.78 is 15.9. The smallest absolute Gasteiger partial charge is 0.251 e. The molecular weight excluding hydrogens is 248 g/mol. The predicted octanol–water partition coefficient (Wildman–Crippen LogP) is 1.48. The fourth-order valence-corrected chi connectivity index (χ4v) is 2.01. The van der Waals surface area contributed by atoms with Gasteiger partial charge in [0, 0.05) is 17.7 Å². The minimum atomic E-state index is -0.206. The number of nitrogens with one attached hydrogen (secondary N) is 1. The number of aromatic amines is 1. The van der Waals surface area contributed by atoms with Crippen molar-refractivity contribution in [2.45, 2.75) is 6.92 Å². The summed E-state index contributed by atoms with van der Waals surface area (Å²) in [6, 6.07) is 4.92. The van der Waals surface area contributed by atoms with Gasteiger partial charge in [0.1, 0.15) is 11.6 Å². The quantitative estimate of drug-likeness (QED) is 0.885. The monoisotopic (exact) mass is 260 g/mol. The second-order valence-electron chi connectivity index (χ2n) is 4.12. The van der Waals surface area contributed by atoms with Gasteiger partial charge in [-0.1, -0.05) is 0 Å². The van der Waals surface area contributed by atoms with Crippen molar-refractivity contribution in [3.63, 3.8) is 0 Å². The number of H-pyrrole nitrogens is 1. The SMILES string of the molecule is COc1cc2c(cc1-c1cc(=O)[nH]c(C)n1)OCO2. The van der Waals surface area contributed by atoms with Gasteiger partial charge in [-0.3, -0.25) is 4.79 Å². The van der Waals surface area contributed by atoms with Crippen LogP contribution >= 0.6 is 0 Å². The molecule has 0 fully saturated rings. The molecule has 3 rings (SSSR count). The van der Waals surface area contributed by atoms with Gasteiger partial charge in [-0.2, -0.15) is 0 Å². The molecule has 6 nitrogen and oxygen atoms in total. The van der Waals surface area contributed by atoms with E-state index in [0.717, 1.165) is 0 Å². The Morgan fingerprint density at radius 2 is 2.00 bits per heavy atom. The summed E-state index contributed by atoms with van der Waals surface area (Å²) in [4.78, 5) is 18.4. The lowest BCUT2D eigenvalue weighted by molar-refractivity contribution is 0.174. The lowest BCUT2D eigenvalue weighted by atomic mass is 10.1. The number of aryl methyl sites for hydroxylation is 1. The highest BCUT2D eigenvalue weighted by Crippen LogP contribution is 2.41. The van der Waals surface area contributed by atoms with E-state index in [4.69, 9.17) is 14.2 Å². The Morgan fingerprint density at radius 3 is 2.68 bits per heavy atom. The van der Waals surface area contributed by atoms with E-state index in [1.807, 2.05) is 0 Å². The summed E-state index contributed by atoms with van der Waals surface area (Å²) >= 11 is 0. The van der Waals surface area contributed by atoms with Crippen molar-refractivity contribution in [3.05, 3.63) is 34.4 Å². The molecule has 1 N–H and O–H groups in total. The molecule has 0 amide bonds. The van der Waals surface area contributed by atoms with Crippen LogP contribution in [0.15, 0.2) is 23.0 Å². The summed E-state index contributed by atoms with van der Waals surface area (Å²) in [6.07, 6.45) is 0. The van der Waals surface area contributed by atoms with Crippen molar-refractivity contribution in [1.29, 1.82) is 0 Å². The molecule has 0 aliphatic carbocycles. The zero-order valence-electron chi connectivity index (χ0n) is 10.5. The Bertz CT molecular complexity index is 694. The van der Waals surface area contributed by atoms with Gasteiger partial charge in [0.2, 0.25) is 6.79 Å². The third kappa shape index (κ3) is 2.01. The Morgan fingerprint density at radius 1 is 1.26 bits per heavy atom. The predicted molar refractivity (Wildman–Crippen MR) is 67.7 cm³/mol. The van der Waals surface area contributed by atoms with Gasteiger partial charge in [0.15, 0.2) is 11.5 Å². The maximum absolute atomic E-state index is 11.5. The van der Waals surface area contributed by atoms with Crippen LogP contribution in [0, 0.1) is 6.92 Å². The summed E-state index contributed by atoms with van der Waals surface area (Å²) in [5.41, 5.74) is 1.03. The molecule has 1 aliphatic heterocycles. The minimum absolute atomic E-state index is 0.184. The Hall–Kier alpha value is -2.50. The normalized spacial score (nSPS) is 12.5. The number of aromatic nitrogens is 2. The molecule has 1 aromatic heterocycles. The first-order chi connectivity index (χ1) is 9.17. The molecule has 2 heterocycles. The number of hydrogen-bond donors (Lipinski definition) is 1. The van der Waals surface area contributed by atoms with Crippen molar-refractivity contribution < 1.29 is 14.2 Å². The third-order valence-corrected chi connectivity index (χ3v) is 2.83. The lowest BCUT2D eigenvalue weighted by Crippen LogP contribution is -2.08. The molecule has 0 unspecified atom stereocenters. The molecule has 0 saturated heterocycles. The van der Waals surface area contributed by atoms with E-state index < -0.39 is 0 Å². The van der Waals surface area contributed by atoms with Crippen LogP contribution in [0.5, 0.6) is 17.2 Å². The second kappa shape index (κ2) is 4.31. The van der Waals surface area contributed by atoms with E-state index in [-0.39, 0.29) is 12.4 Å². The maximum atomic E-state index is 11.5. The van der Waals surface area contributed by atoms with Crippen molar-refractivity contribution in [3.8, 4) is 28.5 Å². The van der Waals surface area contributed by atoms with Crippen LogP contribution in [0.4, 0.5) is 0 Å². The topological polar surface area (TPSA) is 73.4 Å². The molecule has 0 bridgehead atoms. The molecule has 19 heavy (non-hydrogen) atoms. The van der Waals surface area contributed by atoms with E-state index in [0.29, 0.717) is 34.3 Å². The summed E-state index contributed by atoms with van der Waals surface area (Å²) in [5, 5.41) is 0. The van der Waals surface area contributed by atoms with Gasteiger partial charge >= 0.3 is 0 Å². The van der Waals surface area contributed by atoms with E-state index in [9.17, 15) is 4.79 Å². The number of fused-ring (bicyclic) bond motifs is 1. The zero-order chi connectivity index (χ0) is 13.4. The molecule has 98 valence electrons. The molecule has 0 spiro atoms. The third-order valence-electron chi connectivity index (χ3n) is 2.83. The molecule has 2 aromatic rings. The molecule has 6 heteroatoms. The molecule has 0 atom stereocenters. The zero-order valence-corrected chi connectivity index (χ0v) is 10.5. The fourth-order valence-electron chi connectivity index (χ4n) is 2.01. The Labute approximate surface area is 109 Å². The fraction of sp³-hybridized carbons (Fsp3) is 0.231. The summed E-state index contributed by atoms with van der Waals surface area (Å²) in [6.45, 7) is 1.91. The number of benzene rings is 1. The first-order valence-corrected chi connectivity index (χ1v) is 5.73. The van der Waals surface area contributed by atoms with Crippen LogP contribution in [0.25, 0.3) is 11.3 Å². The van der Waals surface area contributed by atoms with Crippen molar-refractivity contribution in [2.75, 3.05) is 13.9 Å². The van der Waals surface area contributed by atoms with Crippen LogP contribution in [-0.2, 0) is 0 Å². The average molecular weight is 260 g/mol. The standard InChI is InChI=1S/C13H12N2O4/c1-7-14-9(4-13(16)15-7)8-3-11-12(19-6-18-11)5-10(8)17-2/h3-5H,6H2,1-2H3,(H,14,15,16). The van der Waals surface area contributed by atoms with E-state index in [2.05, 4.69) is 9.97 Å². The first kappa shape index (κ1) is 11.6. The number of methoxy groups -OCH3 is 1. The summed E-state index contributed by atoms with van der Waals surface area (Å²) in [7, 11) is 1.56. The molecule has 1 aromatic carbocycles. The van der Waals surface area contributed by atoms with Crippen LogP contribution in [0.1, 0.15) is 5.82 Å². The Balaban J connectivity index is 2.21. The number of nitrogens with zero attached hydrogens (tertiary/aromatic N) is 1. The van der Waals surface area contributed by atoms with Gasteiger partial charge in [0.25, 0.3) is 5.56 Å². The average Bonchev–Trinajstić information content (AvgIpc) is 2.83. The Kier molecular flexibility index (Phi) is 2.63. The molecule has 0 radical (unpaired) electrons. The van der Waals surface area contributed by atoms with Crippen LogP contribution in [-0.4, -0.2) is 23.9 Å². The van der Waals surface area contributed by atoms with Crippen molar-refractivity contribution >= 4 is 0 Å². The highest BCUT2D eigenvalue weighted by Gasteiger charge is 2.19. The lowest BCUT2D eigenvalue weighted by Gasteiger charge is -2.09. The van der Waals surface area contributed by atoms with Gasteiger partial charge in [-0.05, 0) is 13.0 Å². The van der Waals surface area contributed by atoms with Crippen LogP contribution in [0.3, 0.4) is 0 Å². The summed E-state index contributed by atoms with van der Waals surface area (Å²) in [5.74, 6) is 2.38. The first-order valence-electron chi connectivity index (χ1n) is 5.73.